The molecule has 0 aliphatic heterocycles. The van der Waals surface area contributed by atoms with Gasteiger partial charge in [0, 0.05) is 11.7 Å². The van der Waals surface area contributed by atoms with Gasteiger partial charge >= 0.3 is 0 Å². The number of thiocarbonyl (C=S) groups is 1. The number of para-hydroxylation sites is 1. The molecule has 1 atom stereocenters. The first-order valence-electron chi connectivity index (χ1n) is 8.04. The summed E-state index contributed by atoms with van der Waals surface area (Å²) in [4.78, 5) is 12.4. The maximum atomic E-state index is 12.4. The van der Waals surface area contributed by atoms with Gasteiger partial charge < -0.3 is 16.0 Å². The Morgan fingerprint density at radius 2 is 1.75 bits per heavy atom. The molecule has 2 aromatic rings. The third kappa shape index (κ3) is 5.06. The van der Waals surface area contributed by atoms with Gasteiger partial charge in [-0.05, 0) is 56.8 Å². The van der Waals surface area contributed by atoms with Crippen LogP contribution in [0.3, 0.4) is 0 Å². The normalized spacial score (nSPS) is 11.5. The Hall–Kier alpha value is -2.40. The van der Waals surface area contributed by atoms with Crippen LogP contribution in [0.4, 0.5) is 11.4 Å². The Labute approximate surface area is 148 Å². The molecule has 4 nitrogen and oxygen atoms in total. The summed E-state index contributed by atoms with van der Waals surface area (Å²) in [5, 5.41) is 9.65. The summed E-state index contributed by atoms with van der Waals surface area (Å²) in [7, 11) is 0. The standard InChI is InChI=1S/C19H23N3OS/c1-4-14(3)20-18(23)16-7-5-6-8-17(16)22-19(24)21-15-11-9-13(2)10-12-15/h5-12,14H,4H2,1-3H3,(H,20,23)(H2,21,22,24)/t14-/m1/s1. The average Bonchev–Trinajstić information content (AvgIpc) is 2.57. The maximum Gasteiger partial charge on any atom is 0.253 e. The number of nitrogens with one attached hydrogen (secondary N) is 3. The van der Waals surface area contributed by atoms with Gasteiger partial charge in [-0.15, -0.1) is 0 Å². The van der Waals surface area contributed by atoms with Crippen LogP contribution in [0.2, 0.25) is 0 Å². The average molecular weight is 341 g/mol. The van der Waals surface area contributed by atoms with Crippen molar-refractivity contribution in [2.24, 2.45) is 0 Å². The molecule has 2 rings (SSSR count). The highest BCUT2D eigenvalue weighted by Gasteiger charge is 2.13. The zero-order valence-electron chi connectivity index (χ0n) is 14.2. The molecule has 0 aliphatic rings. The number of aryl methyl sites for hydroxylation is 1. The second-order valence-electron chi connectivity index (χ2n) is 5.77. The minimum absolute atomic E-state index is 0.106. The zero-order chi connectivity index (χ0) is 17.5. The van der Waals surface area contributed by atoms with Crippen LogP contribution in [0.5, 0.6) is 0 Å². The first-order chi connectivity index (χ1) is 11.5. The van der Waals surface area contributed by atoms with E-state index in [0.29, 0.717) is 16.4 Å². The predicted molar refractivity (Wildman–Crippen MR) is 105 cm³/mol. The van der Waals surface area contributed by atoms with Crippen molar-refractivity contribution in [1.82, 2.24) is 5.32 Å². The summed E-state index contributed by atoms with van der Waals surface area (Å²) >= 11 is 5.35. The van der Waals surface area contributed by atoms with Crippen LogP contribution in [0.15, 0.2) is 48.5 Å². The van der Waals surface area contributed by atoms with E-state index in [1.165, 1.54) is 5.56 Å². The van der Waals surface area contributed by atoms with Crippen molar-refractivity contribution in [3.63, 3.8) is 0 Å². The van der Waals surface area contributed by atoms with Gasteiger partial charge in [-0.3, -0.25) is 4.79 Å². The monoisotopic (exact) mass is 341 g/mol. The van der Waals surface area contributed by atoms with Crippen molar-refractivity contribution in [1.29, 1.82) is 0 Å². The largest absolute Gasteiger partial charge is 0.350 e. The number of rotatable bonds is 5. The van der Waals surface area contributed by atoms with E-state index in [1.807, 2.05) is 63.2 Å². The number of carbonyl (C=O) groups excluding carboxylic acids is 1. The molecule has 0 saturated carbocycles. The molecule has 2 aromatic carbocycles. The van der Waals surface area contributed by atoms with Gasteiger partial charge in [-0.25, -0.2) is 0 Å². The van der Waals surface area contributed by atoms with Gasteiger partial charge in [0.1, 0.15) is 0 Å². The van der Waals surface area contributed by atoms with Crippen LogP contribution >= 0.6 is 12.2 Å². The van der Waals surface area contributed by atoms with Gasteiger partial charge in [-0.1, -0.05) is 36.8 Å². The third-order valence-corrected chi connectivity index (χ3v) is 3.92. The van der Waals surface area contributed by atoms with E-state index in [-0.39, 0.29) is 11.9 Å². The minimum Gasteiger partial charge on any atom is -0.350 e. The fraction of sp³-hybridized carbons (Fsp3) is 0.263. The van der Waals surface area contributed by atoms with Crippen molar-refractivity contribution in [2.75, 3.05) is 10.6 Å². The number of amides is 1. The molecule has 126 valence electrons. The van der Waals surface area contributed by atoms with Crippen LogP contribution in [0.25, 0.3) is 0 Å². The van der Waals surface area contributed by atoms with E-state index in [1.54, 1.807) is 6.07 Å². The number of benzene rings is 2. The topological polar surface area (TPSA) is 53.2 Å². The summed E-state index contributed by atoms with van der Waals surface area (Å²) in [6.07, 6.45) is 0.884. The first kappa shape index (κ1) is 17.9. The lowest BCUT2D eigenvalue weighted by molar-refractivity contribution is 0.0940. The highest BCUT2D eigenvalue weighted by Crippen LogP contribution is 2.16. The van der Waals surface area contributed by atoms with Crippen LogP contribution in [-0.2, 0) is 0 Å². The molecule has 0 aliphatic carbocycles. The number of carbonyl (C=O) groups is 1. The Balaban J connectivity index is 2.07. The second-order valence-corrected chi connectivity index (χ2v) is 6.18. The molecule has 1 amide bonds. The number of hydrogen-bond donors (Lipinski definition) is 3. The quantitative estimate of drug-likeness (QED) is 0.709. The second kappa shape index (κ2) is 8.45. The molecular weight excluding hydrogens is 318 g/mol. The highest BCUT2D eigenvalue weighted by atomic mass is 32.1. The van der Waals surface area contributed by atoms with E-state index in [2.05, 4.69) is 16.0 Å². The van der Waals surface area contributed by atoms with E-state index in [9.17, 15) is 4.79 Å². The lowest BCUT2D eigenvalue weighted by Crippen LogP contribution is -2.32. The lowest BCUT2D eigenvalue weighted by atomic mass is 10.1. The third-order valence-electron chi connectivity index (χ3n) is 3.72. The summed E-state index contributed by atoms with van der Waals surface area (Å²) in [6.45, 7) is 6.06. The van der Waals surface area contributed by atoms with Gasteiger partial charge in [0.25, 0.3) is 5.91 Å². The van der Waals surface area contributed by atoms with E-state index in [0.717, 1.165) is 12.1 Å². The van der Waals surface area contributed by atoms with Crippen molar-refractivity contribution in [3.8, 4) is 0 Å². The molecule has 0 bridgehead atoms. The summed E-state index contributed by atoms with van der Waals surface area (Å²) in [5.41, 5.74) is 3.35. The first-order valence-corrected chi connectivity index (χ1v) is 8.45. The van der Waals surface area contributed by atoms with Crippen LogP contribution in [0.1, 0.15) is 36.2 Å². The molecule has 0 saturated heterocycles. The Bertz CT molecular complexity index is 713. The maximum absolute atomic E-state index is 12.4. The van der Waals surface area contributed by atoms with Crippen LogP contribution < -0.4 is 16.0 Å². The predicted octanol–water partition coefficient (Wildman–Crippen LogP) is 4.33. The molecular formula is C19H23N3OS. The zero-order valence-corrected chi connectivity index (χ0v) is 15.0. The van der Waals surface area contributed by atoms with Crippen molar-refractivity contribution in [2.45, 2.75) is 33.2 Å². The van der Waals surface area contributed by atoms with Crippen molar-refractivity contribution < 1.29 is 4.79 Å². The molecule has 0 unspecified atom stereocenters. The van der Waals surface area contributed by atoms with Gasteiger partial charge in [0.05, 0.1) is 11.3 Å². The summed E-state index contributed by atoms with van der Waals surface area (Å²) in [6, 6.07) is 15.4. The van der Waals surface area contributed by atoms with Crippen LogP contribution in [0, 0.1) is 6.92 Å². The van der Waals surface area contributed by atoms with E-state index < -0.39 is 0 Å². The number of hydrogen-bond acceptors (Lipinski definition) is 2. The van der Waals surface area contributed by atoms with Crippen molar-refractivity contribution >= 4 is 34.6 Å². The molecule has 0 fully saturated rings. The fourth-order valence-electron chi connectivity index (χ4n) is 2.12. The highest BCUT2D eigenvalue weighted by molar-refractivity contribution is 7.80. The smallest absolute Gasteiger partial charge is 0.253 e. The number of anilines is 2. The SMILES string of the molecule is CC[C@@H](C)NC(=O)c1ccccc1NC(=S)Nc1ccc(C)cc1. The van der Waals surface area contributed by atoms with Gasteiger partial charge in [-0.2, -0.15) is 0 Å². The van der Waals surface area contributed by atoms with Crippen LogP contribution in [-0.4, -0.2) is 17.1 Å². The Morgan fingerprint density at radius 3 is 2.42 bits per heavy atom. The lowest BCUT2D eigenvalue weighted by Gasteiger charge is -2.16. The summed E-state index contributed by atoms with van der Waals surface area (Å²) < 4.78 is 0. The molecule has 3 N–H and O–H groups in total. The molecule has 0 radical (unpaired) electrons. The van der Waals surface area contributed by atoms with Gasteiger partial charge in [0.2, 0.25) is 0 Å². The molecule has 0 heterocycles. The Kier molecular flexibility index (Phi) is 6.32. The van der Waals surface area contributed by atoms with Gasteiger partial charge in [0.15, 0.2) is 5.11 Å². The molecule has 0 aromatic heterocycles. The fourth-order valence-corrected chi connectivity index (χ4v) is 2.34. The summed E-state index contributed by atoms with van der Waals surface area (Å²) in [5.74, 6) is -0.106. The molecule has 0 spiro atoms. The molecule has 5 heteroatoms. The van der Waals surface area contributed by atoms with Crippen molar-refractivity contribution in [3.05, 3.63) is 59.7 Å². The Morgan fingerprint density at radius 1 is 1.08 bits per heavy atom. The van der Waals surface area contributed by atoms with E-state index >= 15 is 0 Å². The minimum atomic E-state index is -0.106. The molecule has 24 heavy (non-hydrogen) atoms. The van der Waals surface area contributed by atoms with E-state index in [4.69, 9.17) is 12.2 Å².